The first-order chi connectivity index (χ1) is 11.2. The summed E-state index contributed by atoms with van der Waals surface area (Å²) < 4.78 is 0. The van der Waals surface area contributed by atoms with Gasteiger partial charge < -0.3 is 5.32 Å². The Kier molecular flexibility index (Phi) is 4.34. The summed E-state index contributed by atoms with van der Waals surface area (Å²) in [5.74, 6) is -0.532. The molecule has 0 saturated carbocycles. The van der Waals surface area contributed by atoms with Crippen LogP contribution in [0, 0.1) is 0 Å². The van der Waals surface area contributed by atoms with Crippen LogP contribution in [0.3, 0.4) is 0 Å². The average Bonchev–Trinajstić information content (AvgIpc) is 2.93. The number of dihydropyridines is 1. The molecule has 0 fully saturated rings. The second-order valence-corrected chi connectivity index (χ2v) is 5.35. The van der Waals surface area contributed by atoms with E-state index >= 15 is 0 Å². The normalized spacial score (nSPS) is 18.7. The van der Waals surface area contributed by atoms with Crippen LogP contribution in [0.25, 0.3) is 0 Å². The molecule has 1 aromatic carbocycles. The van der Waals surface area contributed by atoms with E-state index in [4.69, 9.17) is 5.21 Å². The SMILES string of the molecule is CCCC1=C(Nc2ccc(C(=O)NO)cc2)C2N=CC=CC2=N1. The van der Waals surface area contributed by atoms with Crippen LogP contribution in [0.1, 0.15) is 30.1 Å². The Morgan fingerprint density at radius 1 is 1.30 bits per heavy atom. The molecule has 6 heteroatoms. The highest BCUT2D eigenvalue weighted by Crippen LogP contribution is 2.29. The van der Waals surface area contributed by atoms with Crippen molar-refractivity contribution in [3.63, 3.8) is 0 Å². The van der Waals surface area contributed by atoms with E-state index < -0.39 is 5.91 Å². The Bertz CT molecular complexity index is 729. The van der Waals surface area contributed by atoms with E-state index in [1.807, 2.05) is 12.2 Å². The molecule has 2 aliphatic heterocycles. The van der Waals surface area contributed by atoms with Gasteiger partial charge in [-0.2, -0.15) is 0 Å². The third-order valence-corrected chi connectivity index (χ3v) is 3.73. The molecular formula is C17H18N4O2. The number of aliphatic imine (C=N–C) groups is 2. The molecule has 2 aliphatic rings. The number of fused-ring (bicyclic) bond motifs is 1. The molecule has 1 aromatic rings. The van der Waals surface area contributed by atoms with Gasteiger partial charge in [-0.15, -0.1) is 0 Å². The Hall–Kier alpha value is -2.73. The van der Waals surface area contributed by atoms with Gasteiger partial charge in [-0.3, -0.25) is 20.0 Å². The number of allylic oxidation sites excluding steroid dienone is 2. The molecule has 3 rings (SSSR count). The number of benzene rings is 1. The number of hydrogen-bond donors (Lipinski definition) is 3. The van der Waals surface area contributed by atoms with Gasteiger partial charge in [0.05, 0.1) is 17.1 Å². The lowest BCUT2D eigenvalue weighted by molar-refractivity contribution is 0.0706. The average molecular weight is 310 g/mol. The van der Waals surface area contributed by atoms with Crippen molar-refractivity contribution in [2.45, 2.75) is 25.8 Å². The summed E-state index contributed by atoms with van der Waals surface area (Å²) in [7, 11) is 0. The molecule has 0 radical (unpaired) electrons. The van der Waals surface area contributed by atoms with Gasteiger partial charge in [-0.05, 0) is 42.8 Å². The van der Waals surface area contributed by atoms with Crippen molar-refractivity contribution in [3.8, 4) is 0 Å². The highest BCUT2D eigenvalue weighted by atomic mass is 16.5. The third-order valence-electron chi connectivity index (χ3n) is 3.73. The first kappa shape index (κ1) is 15.2. The molecule has 3 N–H and O–H groups in total. The van der Waals surface area contributed by atoms with Crippen molar-refractivity contribution in [3.05, 3.63) is 53.4 Å². The molecule has 2 heterocycles. The maximum atomic E-state index is 11.4. The van der Waals surface area contributed by atoms with Crippen LogP contribution in [-0.4, -0.2) is 29.1 Å². The van der Waals surface area contributed by atoms with E-state index in [9.17, 15) is 4.79 Å². The van der Waals surface area contributed by atoms with E-state index in [0.717, 1.165) is 35.6 Å². The van der Waals surface area contributed by atoms with Crippen LogP contribution < -0.4 is 10.8 Å². The predicted molar refractivity (Wildman–Crippen MR) is 90.1 cm³/mol. The van der Waals surface area contributed by atoms with Crippen LogP contribution in [-0.2, 0) is 0 Å². The highest BCUT2D eigenvalue weighted by Gasteiger charge is 2.28. The third kappa shape index (κ3) is 3.07. The van der Waals surface area contributed by atoms with Crippen LogP contribution in [0.5, 0.6) is 0 Å². The fourth-order valence-corrected chi connectivity index (χ4v) is 2.63. The number of amides is 1. The second-order valence-electron chi connectivity index (χ2n) is 5.35. The topological polar surface area (TPSA) is 86.1 Å². The van der Waals surface area contributed by atoms with Gasteiger partial charge in [0.15, 0.2) is 0 Å². The number of rotatable bonds is 5. The van der Waals surface area contributed by atoms with E-state index in [1.54, 1.807) is 36.0 Å². The molecule has 0 aromatic heterocycles. The highest BCUT2D eigenvalue weighted by molar-refractivity contribution is 6.09. The maximum Gasteiger partial charge on any atom is 0.274 e. The summed E-state index contributed by atoms with van der Waals surface area (Å²) in [5, 5.41) is 12.0. The zero-order valence-corrected chi connectivity index (χ0v) is 12.8. The van der Waals surface area contributed by atoms with Gasteiger partial charge in [-0.1, -0.05) is 13.3 Å². The van der Waals surface area contributed by atoms with Crippen molar-refractivity contribution in [2.24, 2.45) is 9.98 Å². The summed E-state index contributed by atoms with van der Waals surface area (Å²) in [5.41, 5.74) is 5.83. The fourth-order valence-electron chi connectivity index (χ4n) is 2.63. The zero-order chi connectivity index (χ0) is 16.2. The number of carbonyl (C=O) groups is 1. The lowest BCUT2D eigenvalue weighted by Gasteiger charge is -2.16. The van der Waals surface area contributed by atoms with Crippen molar-refractivity contribution in [2.75, 3.05) is 5.32 Å². The van der Waals surface area contributed by atoms with Crippen LogP contribution in [0.4, 0.5) is 5.69 Å². The number of carbonyl (C=O) groups excluding carboxylic acids is 1. The van der Waals surface area contributed by atoms with Crippen molar-refractivity contribution < 1.29 is 10.0 Å². The second kappa shape index (κ2) is 6.58. The predicted octanol–water partition coefficient (Wildman–Crippen LogP) is 2.69. The lowest BCUT2D eigenvalue weighted by atomic mass is 10.1. The Labute approximate surface area is 134 Å². The smallest absolute Gasteiger partial charge is 0.274 e. The van der Waals surface area contributed by atoms with E-state index in [1.165, 1.54) is 0 Å². The summed E-state index contributed by atoms with van der Waals surface area (Å²) in [6.07, 6.45) is 7.56. The van der Waals surface area contributed by atoms with E-state index in [0.29, 0.717) is 5.56 Å². The van der Waals surface area contributed by atoms with E-state index in [-0.39, 0.29) is 6.04 Å². The number of hydroxylamine groups is 1. The minimum atomic E-state index is -0.532. The molecule has 23 heavy (non-hydrogen) atoms. The minimum absolute atomic E-state index is 0.0815. The van der Waals surface area contributed by atoms with E-state index in [2.05, 4.69) is 22.2 Å². The first-order valence-corrected chi connectivity index (χ1v) is 7.56. The van der Waals surface area contributed by atoms with Crippen molar-refractivity contribution >= 4 is 23.5 Å². The minimum Gasteiger partial charge on any atom is -0.355 e. The largest absolute Gasteiger partial charge is 0.355 e. The number of hydrogen-bond acceptors (Lipinski definition) is 5. The lowest BCUT2D eigenvalue weighted by Crippen LogP contribution is -2.22. The van der Waals surface area contributed by atoms with Crippen LogP contribution in [0.2, 0.25) is 0 Å². The van der Waals surface area contributed by atoms with Gasteiger partial charge in [0.2, 0.25) is 0 Å². The monoisotopic (exact) mass is 310 g/mol. The van der Waals surface area contributed by atoms with Gasteiger partial charge >= 0.3 is 0 Å². The molecule has 0 saturated heterocycles. The van der Waals surface area contributed by atoms with Gasteiger partial charge in [-0.25, -0.2) is 5.48 Å². The summed E-state index contributed by atoms with van der Waals surface area (Å²) >= 11 is 0. The maximum absolute atomic E-state index is 11.4. The molecule has 6 nitrogen and oxygen atoms in total. The molecular weight excluding hydrogens is 292 g/mol. The quantitative estimate of drug-likeness (QED) is 0.577. The van der Waals surface area contributed by atoms with Gasteiger partial charge in [0.25, 0.3) is 5.91 Å². The molecule has 118 valence electrons. The summed E-state index contributed by atoms with van der Waals surface area (Å²) in [6.45, 7) is 2.12. The summed E-state index contributed by atoms with van der Waals surface area (Å²) in [4.78, 5) is 20.5. The Morgan fingerprint density at radius 2 is 2.09 bits per heavy atom. The van der Waals surface area contributed by atoms with Crippen molar-refractivity contribution in [1.82, 2.24) is 5.48 Å². The number of nitrogens with zero attached hydrogens (tertiary/aromatic N) is 2. The Morgan fingerprint density at radius 3 is 2.78 bits per heavy atom. The number of anilines is 1. The molecule has 0 spiro atoms. The summed E-state index contributed by atoms with van der Waals surface area (Å²) in [6, 6.07) is 6.80. The molecule has 0 aliphatic carbocycles. The molecule has 1 amide bonds. The van der Waals surface area contributed by atoms with Crippen LogP contribution in [0.15, 0.2) is 57.8 Å². The fraction of sp³-hybridized carbons (Fsp3) is 0.235. The van der Waals surface area contributed by atoms with Crippen molar-refractivity contribution in [1.29, 1.82) is 0 Å². The number of nitrogens with one attached hydrogen (secondary N) is 2. The standard InChI is InChI=1S/C17H18N4O2/c1-2-4-13-16(15-14(20-13)5-3-10-18-15)19-12-8-6-11(7-9-12)17(22)21-23/h3,5-10,15,19,23H,2,4H2,1H3,(H,21,22). The Balaban J connectivity index is 1.83. The van der Waals surface area contributed by atoms with Gasteiger partial charge in [0, 0.05) is 17.5 Å². The molecule has 1 unspecified atom stereocenters. The van der Waals surface area contributed by atoms with Crippen LogP contribution >= 0.6 is 0 Å². The zero-order valence-electron chi connectivity index (χ0n) is 12.8. The molecule has 1 atom stereocenters. The molecule has 0 bridgehead atoms. The first-order valence-electron chi connectivity index (χ1n) is 7.56. The van der Waals surface area contributed by atoms with Gasteiger partial charge in [0.1, 0.15) is 6.04 Å².